The maximum atomic E-state index is 10.6. The van der Waals surface area contributed by atoms with E-state index in [0.29, 0.717) is 0 Å². The molecule has 1 rings (SSSR count). The van der Waals surface area contributed by atoms with Gasteiger partial charge in [-0.1, -0.05) is 31.5 Å². The first-order valence-electron chi connectivity index (χ1n) is 5.92. The molecule has 0 saturated heterocycles. The van der Waals surface area contributed by atoms with Crippen LogP contribution >= 0.6 is 12.2 Å². The average molecular weight is 349 g/mol. The summed E-state index contributed by atoms with van der Waals surface area (Å²) in [5.74, 6) is -1.27. The van der Waals surface area contributed by atoms with Crippen LogP contribution in [-0.2, 0) is 4.79 Å². The van der Waals surface area contributed by atoms with Gasteiger partial charge in [0.1, 0.15) is 0 Å². The van der Waals surface area contributed by atoms with Gasteiger partial charge in [-0.15, -0.1) is 0 Å². The van der Waals surface area contributed by atoms with Crippen LogP contribution < -0.4 is 5.11 Å². The van der Waals surface area contributed by atoms with Crippen molar-refractivity contribution in [2.24, 2.45) is 11.8 Å². The number of carbonyl (C=O) groups excluding carboxylic acids is 1. The van der Waals surface area contributed by atoms with Crippen molar-refractivity contribution in [1.29, 1.82) is 0 Å². The van der Waals surface area contributed by atoms with Crippen molar-refractivity contribution < 1.29 is 9.90 Å². The van der Waals surface area contributed by atoms with Crippen LogP contribution in [0.4, 0.5) is 0 Å². The minimum atomic E-state index is -1.00. The Morgan fingerprint density at radius 1 is 1.31 bits per heavy atom. The van der Waals surface area contributed by atoms with Gasteiger partial charge in [-0.2, -0.15) is 0 Å². The van der Waals surface area contributed by atoms with Gasteiger partial charge in [0.05, 0.1) is 0 Å². The van der Waals surface area contributed by atoms with Crippen LogP contribution in [0.1, 0.15) is 32.1 Å². The Labute approximate surface area is 112 Å². The SMILES string of the molecule is O=C([O-])C(C=S)C1CCCCC1.[CH3][Sn+]([CH3])[CH3]. The summed E-state index contributed by atoms with van der Waals surface area (Å²) in [5, 5.41) is 12.0. The molecule has 0 N–H and O–H groups in total. The van der Waals surface area contributed by atoms with E-state index in [2.05, 4.69) is 27.0 Å². The summed E-state index contributed by atoms with van der Waals surface area (Å²) in [6, 6.07) is 0. The molecule has 1 aliphatic carbocycles. The Morgan fingerprint density at radius 3 is 2.06 bits per heavy atom. The summed E-state index contributed by atoms with van der Waals surface area (Å²) in [6.45, 7) is 0. The maximum absolute atomic E-state index is 10.6. The predicted molar refractivity (Wildman–Crippen MR) is 72.1 cm³/mol. The van der Waals surface area contributed by atoms with E-state index in [9.17, 15) is 9.90 Å². The molecule has 0 spiro atoms. The first-order chi connectivity index (χ1) is 7.49. The van der Waals surface area contributed by atoms with Gasteiger partial charge in [-0.05, 0) is 24.1 Å². The second kappa shape index (κ2) is 9.40. The quantitative estimate of drug-likeness (QED) is 0.580. The fourth-order valence-corrected chi connectivity index (χ4v) is 2.19. The number of hydrogen-bond acceptors (Lipinski definition) is 3. The summed E-state index contributed by atoms with van der Waals surface area (Å²) < 4.78 is 0. The van der Waals surface area contributed by atoms with E-state index in [0.717, 1.165) is 25.7 Å². The van der Waals surface area contributed by atoms with E-state index in [4.69, 9.17) is 0 Å². The predicted octanol–water partition coefficient (Wildman–Crippen LogP) is 2.30. The molecule has 0 aromatic rings. The van der Waals surface area contributed by atoms with Crippen molar-refractivity contribution in [3.05, 3.63) is 0 Å². The Hall–Kier alpha value is 0.359. The first kappa shape index (κ1) is 16.4. The van der Waals surface area contributed by atoms with Crippen molar-refractivity contribution >= 4 is 43.3 Å². The van der Waals surface area contributed by atoms with Crippen LogP contribution in [0, 0.1) is 11.8 Å². The molecule has 0 aromatic heterocycles. The topological polar surface area (TPSA) is 40.1 Å². The summed E-state index contributed by atoms with van der Waals surface area (Å²) in [7, 11) is 0. The molecule has 1 atom stereocenters. The number of carboxylic acid groups (broad SMARTS) is 1. The molecule has 1 fully saturated rings. The van der Waals surface area contributed by atoms with Crippen molar-refractivity contribution in [3.8, 4) is 0 Å². The van der Waals surface area contributed by atoms with Crippen molar-refractivity contribution in [2.75, 3.05) is 0 Å². The number of aliphatic carboxylic acids is 1. The fraction of sp³-hybridized carbons (Fsp3) is 0.833. The van der Waals surface area contributed by atoms with Gasteiger partial charge in [0.25, 0.3) is 0 Å². The zero-order valence-corrected chi connectivity index (χ0v) is 14.2. The van der Waals surface area contributed by atoms with Gasteiger partial charge in [0.2, 0.25) is 0 Å². The summed E-state index contributed by atoms with van der Waals surface area (Å²) in [4.78, 5) is 17.7. The third-order valence-electron chi connectivity index (χ3n) is 2.58. The summed E-state index contributed by atoms with van der Waals surface area (Å²) >= 11 is 4.14. The van der Waals surface area contributed by atoms with E-state index >= 15 is 0 Å². The zero-order valence-electron chi connectivity index (χ0n) is 10.5. The molecular weight excluding hydrogens is 327 g/mol. The Morgan fingerprint density at radius 2 is 1.75 bits per heavy atom. The monoisotopic (exact) mass is 350 g/mol. The second-order valence-corrected chi connectivity index (χ2v) is 13.7. The number of rotatable bonds is 3. The molecule has 0 aliphatic heterocycles. The molecule has 0 bridgehead atoms. The molecule has 0 radical (unpaired) electrons. The summed E-state index contributed by atoms with van der Waals surface area (Å²) in [5.41, 5.74) is 0. The van der Waals surface area contributed by atoms with Gasteiger partial charge in [-0.3, -0.25) is 0 Å². The molecule has 0 aromatic carbocycles. The molecule has 0 amide bonds. The third-order valence-corrected chi connectivity index (χ3v) is 2.87. The molecule has 16 heavy (non-hydrogen) atoms. The molecule has 2 nitrogen and oxygen atoms in total. The van der Waals surface area contributed by atoms with Crippen LogP contribution in [0.2, 0.25) is 14.8 Å². The minimum absolute atomic E-state index is 0.237. The van der Waals surface area contributed by atoms with Crippen molar-refractivity contribution in [1.82, 2.24) is 0 Å². The Kier molecular flexibility index (Phi) is 9.61. The molecule has 4 heteroatoms. The van der Waals surface area contributed by atoms with Gasteiger partial charge in [0.15, 0.2) is 0 Å². The van der Waals surface area contributed by atoms with Crippen LogP contribution in [0.25, 0.3) is 0 Å². The number of hydrogen-bond donors (Lipinski definition) is 0. The number of thiocarbonyl (C=S) groups is 1. The standard InChI is InChI=1S/C9H14O2S.3CH3.Sn/c10-9(11)8(6-12)7-4-2-1-3-5-7;;;;/h6-8H,1-5H2,(H,10,11);3*1H3;/q;;;;+1/p-1. The van der Waals surface area contributed by atoms with Crippen LogP contribution in [0.15, 0.2) is 0 Å². The first-order valence-corrected chi connectivity index (χ1v) is 14.9. The van der Waals surface area contributed by atoms with Crippen molar-refractivity contribution in [3.63, 3.8) is 0 Å². The molecule has 92 valence electrons. The Bertz CT molecular complexity index is 210. The fourth-order valence-electron chi connectivity index (χ4n) is 1.85. The van der Waals surface area contributed by atoms with Crippen LogP contribution in [-0.4, -0.2) is 31.1 Å². The van der Waals surface area contributed by atoms with E-state index in [1.807, 2.05) is 0 Å². The average Bonchev–Trinajstić information content (AvgIpc) is 2.19. The van der Waals surface area contributed by atoms with Crippen molar-refractivity contribution in [2.45, 2.75) is 46.9 Å². The third kappa shape index (κ3) is 7.60. The number of carboxylic acids is 1. The Balaban J connectivity index is 0.000000487. The molecule has 1 saturated carbocycles. The molecule has 1 unspecified atom stereocenters. The zero-order chi connectivity index (χ0) is 12.6. The second-order valence-electron chi connectivity index (χ2n) is 4.88. The normalized spacial score (nSPS) is 17.9. The summed E-state index contributed by atoms with van der Waals surface area (Å²) in [6.07, 6.45) is 5.49. The molecule has 0 heterocycles. The van der Waals surface area contributed by atoms with E-state index in [-0.39, 0.29) is 5.92 Å². The van der Waals surface area contributed by atoms with E-state index < -0.39 is 31.6 Å². The molecule has 1 aliphatic rings. The van der Waals surface area contributed by atoms with Gasteiger partial charge in [-0.25, -0.2) is 0 Å². The number of carbonyl (C=O) groups is 1. The van der Waals surface area contributed by atoms with E-state index in [1.54, 1.807) is 0 Å². The molecular formula is C12H22O2SSn. The van der Waals surface area contributed by atoms with Gasteiger partial charge < -0.3 is 9.90 Å². The van der Waals surface area contributed by atoms with Gasteiger partial charge >= 0.3 is 34.6 Å². The van der Waals surface area contributed by atoms with Crippen LogP contribution in [0.3, 0.4) is 0 Å². The van der Waals surface area contributed by atoms with Gasteiger partial charge in [0, 0.05) is 11.9 Å². The van der Waals surface area contributed by atoms with E-state index in [1.165, 1.54) is 11.8 Å². The van der Waals surface area contributed by atoms with Crippen LogP contribution in [0.5, 0.6) is 0 Å².